The number of nitriles is 1. The average Bonchev–Trinajstić information content (AvgIpc) is 2.57. The van der Waals surface area contributed by atoms with E-state index in [1.807, 2.05) is 20.8 Å². The molecular weight excluding hydrogens is 228 g/mol. The van der Waals surface area contributed by atoms with Crippen LogP contribution in [0.1, 0.15) is 53.9 Å². The van der Waals surface area contributed by atoms with E-state index in [4.69, 9.17) is 4.74 Å². The molecule has 1 aliphatic rings. The Hall–Kier alpha value is -1.24. The second-order valence-corrected chi connectivity index (χ2v) is 6.42. The molecule has 4 nitrogen and oxygen atoms in total. The Morgan fingerprint density at radius 1 is 1.44 bits per heavy atom. The summed E-state index contributed by atoms with van der Waals surface area (Å²) in [6.45, 7) is 9.82. The molecule has 0 N–H and O–H groups in total. The van der Waals surface area contributed by atoms with Crippen molar-refractivity contribution in [3.05, 3.63) is 0 Å². The number of nitrogens with zero attached hydrogens (tertiary/aromatic N) is 2. The maximum Gasteiger partial charge on any atom is 0.330 e. The van der Waals surface area contributed by atoms with Crippen molar-refractivity contribution in [1.29, 1.82) is 5.26 Å². The number of hydrogen-bond acceptors (Lipinski definition) is 4. The van der Waals surface area contributed by atoms with E-state index < -0.39 is 11.6 Å². The Kier molecular flexibility index (Phi) is 4.61. The van der Waals surface area contributed by atoms with E-state index in [1.165, 1.54) is 0 Å². The molecule has 0 aliphatic carbocycles. The highest BCUT2D eigenvalue weighted by Crippen LogP contribution is 2.29. The fourth-order valence-electron chi connectivity index (χ4n) is 2.41. The minimum absolute atomic E-state index is 0.188. The Balaban J connectivity index is 2.68. The molecular formula is C14H24N2O2. The Morgan fingerprint density at radius 3 is 2.50 bits per heavy atom. The van der Waals surface area contributed by atoms with Crippen LogP contribution in [-0.4, -0.2) is 28.6 Å². The van der Waals surface area contributed by atoms with Crippen molar-refractivity contribution < 1.29 is 9.53 Å². The van der Waals surface area contributed by atoms with Gasteiger partial charge in [0.15, 0.2) is 6.19 Å². The molecule has 4 heteroatoms. The Morgan fingerprint density at radius 2 is 2.06 bits per heavy atom. The van der Waals surface area contributed by atoms with Gasteiger partial charge in [0.25, 0.3) is 0 Å². The van der Waals surface area contributed by atoms with Crippen molar-refractivity contribution >= 4 is 5.97 Å². The number of esters is 1. The molecule has 102 valence electrons. The van der Waals surface area contributed by atoms with Gasteiger partial charge in [-0.3, -0.25) is 4.90 Å². The summed E-state index contributed by atoms with van der Waals surface area (Å²) < 4.78 is 5.38. The van der Waals surface area contributed by atoms with E-state index in [0.717, 1.165) is 19.3 Å². The van der Waals surface area contributed by atoms with Crippen molar-refractivity contribution in [1.82, 2.24) is 4.90 Å². The number of rotatable bonds is 3. The number of likely N-dealkylation sites (tertiary alicyclic amines) is 1. The van der Waals surface area contributed by atoms with Crippen molar-refractivity contribution in [3.63, 3.8) is 0 Å². The first-order valence-corrected chi connectivity index (χ1v) is 6.65. The number of carbonyl (C=O) groups is 1. The molecule has 0 amide bonds. The largest absolute Gasteiger partial charge is 0.458 e. The zero-order valence-electron chi connectivity index (χ0n) is 12.1. The molecule has 0 aromatic carbocycles. The number of ether oxygens (including phenoxy) is 1. The molecule has 2 atom stereocenters. The van der Waals surface area contributed by atoms with Gasteiger partial charge in [0.2, 0.25) is 0 Å². The van der Waals surface area contributed by atoms with Gasteiger partial charge in [-0.15, -0.1) is 0 Å². The highest BCUT2D eigenvalue weighted by atomic mass is 16.6. The van der Waals surface area contributed by atoms with Gasteiger partial charge in [0, 0.05) is 6.04 Å². The van der Waals surface area contributed by atoms with E-state index in [0.29, 0.717) is 5.92 Å². The lowest BCUT2D eigenvalue weighted by molar-refractivity contribution is -0.159. The molecule has 0 spiro atoms. The van der Waals surface area contributed by atoms with Crippen LogP contribution in [0, 0.1) is 17.4 Å². The van der Waals surface area contributed by atoms with Gasteiger partial charge in [0.1, 0.15) is 11.6 Å². The topological polar surface area (TPSA) is 53.3 Å². The van der Waals surface area contributed by atoms with Crippen LogP contribution in [0.3, 0.4) is 0 Å². The minimum Gasteiger partial charge on any atom is -0.458 e. The number of hydrogen-bond donors (Lipinski definition) is 0. The van der Waals surface area contributed by atoms with E-state index in [-0.39, 0.29) is 12.0 Å². The highest BCUT2D eigenvalue weighted by molar-refractivity contribution is 5.77. The fourth-order valence-corrected chi connectivity index (χ4v) is 2.41. The summed E-state index contributed by atoms with van der Waals surface area (Å²) in [6, 6.07) is -0.203. The second kappa shape index (κ2) is 5.60. The maximum absolute atomic E-state index is 12.0. The molecule has 1 fully saturated rings. The summed E-state index contributed by atoms with van der Waals surface area (Å²) in [6.07, 6.45) is 4.74. The van der Waals surface area contributed by atoms with Crippen LogP contribution >= 0.6 is 0 Å². The van der Waals surface area contributed by atoms with Crippen LogP contribution in [0.25, 0.3) is 0 Å². The smallest absolute Gasteiger partial charge is 0.330 e. The predicted octanol–water partition coefficient (Wildman–Crippen LogP) is 2.69. The maximum atomic E-state index is 12.0. The van der Waals surface area contributed by atoms with Crippen LogP contribution in [-0.2, 0) is 9.53 Å². The fraction of sp³-hybridized carbons (Fsp3) is 0.857. The molecule has 0 aromatic heterocycles. The zero-order chi connectivity index (χ0) is 13.9. The summed E-state index contributed by atoms with van der Waals surface area (Å²) in [7, 11) is 0. The summed E-state index contributed by atoms with van der Waals surface area (Å²) in [5, 5.41) is 9.24. The molecule has 1 heterocycles. The highest BCUT2D eigenvalue weighted by Gasteiger charge is 2.39. The summed E-state index contributed by atoms with van der Waals surface area (Å²) in [5.41, 5.74) is -0.492. The van der Waals surface area contributed by atoms with Gasteiger partial charge in [-0.1, -0.05) is 13.8 Å². The lowest BCUT2D eigenvalue weighted by Crippen LogP contribution is -2.41. The lowest BCUT2D eigenvalue weighted by atomic mass is 10.0. The third-order valence-electron chi connectivity index (χ3n) is 3.04. The summed E-state index contributed by atoms with van der Waals surface area (Å²) >= 11 is 0. The molecule has 1 saturated heterocycles. The van der Waals surface area contributed by atoms with Crippen molar-refractivity contribution in [2.24, 2.45) is 5.92 Å². The monoisotopic (exact) mass is 252 g/mol. The van der Waals surface area contributed by atoms with Gasteiger partial charge in [-0.25, -0.2) is 4.79 Å². The van der Waals surface area contributed by atoms with Gasteiger partial charge >= 0.3 is 5.97 Å². The van der Waals surface area contributed by atoms with E-state index in [9.17, 15) is 10.1 Å². The van der Waals surface area contributed by atoms with Crippen LogP contribution in [0.15, 0.2) is 0 Å². The Bertz CT molecular complexity index is 339. The molecule has 0 saturated carbocycles. The first-order chi connectivity index (χ1) is 8.24. The van der Waals surface area contributed by atoms with Crippen molar-refractivity contribution in [2.75, 3.05) is 0 Å². The van der Waals surface area contributed by atoms with Crippen LogP contribution < -0.4 is 0 Å². The van der Waals surface area contributed by atoms with Gasteiger partial charge in [-0.05, 0) is 46.0 Å². The van der Waals surface area contributed by atoms with Gasteiger partial charge < -0.3 is 4.74 Å². The molecule has 0 bridgehead atoms. The van der Waals surface area contributed by atoms with Gasteiger partial charge in [-0.2, -0.15) is 5.26 Å². The predicted molar refractivity (Wildman–Crippen MR) is 69.6 cm³/mol. The standard InChI is InChI=1S/C14H24N2O2/c1-10(2)8-11-6-7-12(16(11)9-15)13(17)18-14(3,4)5/h10-12H,6-8H2,1-5H3. The third-order valence-corrected chi connectivity index (χ3v) is 3.04. The summed E-state index contributed by atoms with van der Waals surface area (Å²) in [4.78, 5) is 13.7. The van der Waals surface area contributed by atoms with E-state index in [1.54, 1.807) is 4.90 Å². The quantitative estimate of drug-likeness (QED) is 0.572. The van der Waals surface area contributed by atoms with E-state index >= 15 is 0 Å². The molecule has 0 radical (unpaired) electrons. The number of carbonyl (C=O) groups excluding carboxylic acids is 1. The molecule has 0 aromatic rings. The second-order valence-electron chi connectivity index (χ2n) is 6.42. The van der Waals surface area contributed by atoms with E-state index in [2.05, 4.69) is 20.0 Å². The first kappa shape index (κ1) is 14.8. The summed E-state index contributed by atoms with van der Waals surface area (Å²) in [5.74, 6) is 0.263. The average molecular weight is 252 g/mol. The van der Waals surface area contributed by atoms with Crippen LogP contribution in [0.5, 0.6) is 0 Å². The SMILES string of the molecule is CC(C)CC1CCC(C(=O)OC(C)(C)C)N1C#N. The van der Waals surface area contributed by atoms with Crippen LogP contribution in [0.2, 0.25) is 0 Å². The lowest BCUT2D eigenvalue weighted by Gasteiger charge is -2.27. The zero-order valence-corrected chi connectivity index (χ0v) is 12.1. The normalized spacial score (nSPS) is 24.2. The minimum atomic E-state index is -0.492. The van der Waals surface area contributed by atoms with Gasteiger partial charge in [0.05, 0.1) is 0 Å². The molecule has 1 aliphatic heterocycles. The molecule has 1 rings (SSSR count). The van der Waals surface area contributed by atoms with Crippen molar-refractivity contribution in [2.45, 2.75) is 71.6 Å². The molecule has 18 heavy (non-hydrogen) atoms. The Labute approximate surface area is 110 Å². The van der Waals surface area contributed by atoms with Crippen LogP contribution in [0.4, 0.5) is 0 Å². The molecule has 2 unspecified atom stereocenters. The first-order valence-electron chi connectivity index (χ1n) is 6.65. The third kappa shape index (κ3) is 3.90. The van der Waals surface area contributed by atoms with Crippen molar-refractivity contribution in [3.8, 4) is 6.19 Å².